The van der Waals surface area contributed by atoms with Crippen LogP contribution in [0.25, 0.3) is 0 Å². The van der Waals surface area contributed by atoms with Crippen LogP contribution in [0.1, 0.15) is 38.2 Å². The maximum atomic E-state index is 12.9. The first-order valence-electron chi connectivity index (χ1n) is 9.82. The van der Waals surface area contributed by atoms with Gasteiger partial charge in [0, 0.05) is 18.3 Å². The van der Waals surface area contributed by atoms with Crippen LogP contribution in [0.2, 0.25) is 0 Å². The monoisotopic (exact) mass is 398 g/mol. The Labute approximate surface area is 166 Å². The first-order chi connectivity index (χ1) is 13.4. The van der Waals surface area contributed by atoms with Crippen LogP contribution in [0, 0.1) is 5.41 Å². The van der Waals surface area contributed by atoms with Crippen LogP contribution in [-0.2, 0) is 15.6 Å². The van der Waals surface area contributed by atoms with E-state index in [0.29, 0.717) is 16.7 Å². The molecule has 1 N–H and O–H groups in total. The van der Waals surface area contributed by atoms with Crippen molar-refractivity contribution < 1.29 is 13.2 Å². The molecule has 5 nitrogen and oxygen atoms in total. The topological polar surface area (TPSA) is 66.5 Å². The maximum Gasteiger partial charge on any atom is 0.322 e. The summed E-state index contributed by atoms with van der Waals surface area (Å²) in [6, 6.07) is 15.6. The number of rotatable bonds is 4. The summed E-state index contributed by atoms with van der Waals surface area (Å²) >= 11 is 0. The lowest BCUT2D eigenvalue weighted by Crippen LogP contribution is -2.40. The summed E-state index contributed by atoms with van der Waals surface area (Å²) in [5.74, 6) is -0.146. The van der Waals surface area contributed by atoms with Crippen molar-refractivity contribution in [1.29, 1.82) is 0 Å². The molecule has 2 aliphatic rings. The van der Waals surface area contributed by atoms with Gasteiger partial charge in [0.25, 0.3) is 0 Å². The number of anilines is 1. The summed E-state index contributed by atoms with van der Waals surface area (Å²) in [5, 5.41) is 2.97. The molecule has 148 valence electrons. The molecule has 1 unspecified atom stereocenters. The maximum absolute atomic E-state index is 12.9. The fourth-order valence-corrected chi connectivity index (χ4v) is 5.90. The number of urea groups is 1. The number of likely N-dealkylation sites (tertiary alicyclic amines) is 1. The van der Waals surface area contributed by atoms with Gasteiger partial charge >= 0.3 is 6.03 Å². The predicted octanol–water partition coefficient (Wildman–Crippen LogP) is 4.46. The molecule has 2 aromatic rings. The molecule has 2 amide bonds. The molecule has 1 atom stereocenters. The van der Waals surface area contributed by atoms with E-state index in [2.05, 4.69) is 12.2 Å². The smallest absolute Gasteiger partial charge is 0.321 e. The van der Waals surface area contributed by atoms with Gasteiger partial charge in [0.05, 0.1) is 10.6 Å². The number of carbonyl (C=O) groups excluding carboxylic acids is 1. The summed E-state index contributed by atoms with van der Waals surface area (Å²) in [6.45, 7) is 2.89. The molecule has 1 spiro atoms. The number of hydrogen-bond acceptors (Lipinski definition) is 3. The summed E-state index contributed by atoms with van der Waals surface area (Å²) < 4.78 is 25.5. The fourth-order valence-electron chi connectivity index (χ4n) is 4.50. The Kier molecular flexibility index (Phi) is 4.91. The van der Waals surface area contributed by atoms with Gasteiger partial charge in [-0.1, -0.05) is 42.8 Å². The van der Waals surface area contributed by atoms with Crippen LogP contribution >= 0.6 is 0 Å². The quantitative estimate of drug-likeness (QED) is 0.827. The molecule has 1 saturated carbocycles. The van der Waals surface area contributed by atoms with Crippen molar-refractivity contribution in [3.8, 4) is 0 Å². The summed E-state index contributed by atoms with van der Waals surface area (Å²) in [6.07, 6.45) is 4.72. The Morgan fingerprint density at radius 1 is 1.11 bits per heavy atom. The van der Waals surface area contributed by atoms with Gasteiger partial charge in [-0.3, -0.25) is 0 Å². The van der Waals surface area contributed by atoms with Crippen LogP contribution < -0.4 is 5.32 Å². The van der Waals surface area contributed by atoms with E-state index < -0.39 is 9.84 Å². The third-order valence-corrected chi connectivity index (χ3v) is 7.83. The third-order valence-electron chi connectivity index (χ3n) is 6.15. The van der Waals surface area contributed by atoms with Crippen molar-refractivity contribution in [1.82, 2.24) is 4.90 Å². The van der Waals surface area contributed by atoms with Crippen LogP contribution in [0.5, 0.6) is 0 Å². The van der Waals surface area contributed by atoms with Crippen molar-refractivity contribution in [3.05, 3.63) is 60.2 Å². The number of amides is 2. The Hall–Kier alpha value is -2.34. The van der Waals surface area contributed by atoms with Crippen LogP contribution in [-0.4, -0.2) is 31.9 Å². The molecule has 0 bridgehead atoms. The molecule has 2 fully saturated rings. The Balaban J connectivity index is 1.51. The lowest BCUT2D eigenvalue weighted by molar-refractivity contribution is 0.144. The Morgan fingerprint density at radius 3 is 2.43 bits per heavy atom. The Bertz CT molecular complexity index is 968. The van der Waals surface area contributed by atoms with E-state index in [1.165, 1.54) is 19.3 Å². The largest absolute Gasteiger partial charge is 0.322 e. The fraction of sp³-hybridized carbons (Fsp3) is 0.409. The van der Waals surface area contributed by atoms with Gasteiger partial charge in [-0.25, -0.2) is 13.2 Å². The lowest BCUT2D eigenvalue weighted by atomic mass is 9.68. The Morgan fingerprint density at radius 2 is 1.79 bits per heavy atom. The van der Waals surface area contributed by atoms with Gasteiger partial charge in [0.2, 0.25) is 0 Å². The zero-order valence-electron chi connectivity index (χ0n) is 16.1. The standard InChI is InChI=1S/C22H26N2O3S/c1-17-14-22(12-7-13-22)16-24(17)21(25)23-20-11-6-5-8-18(20)15-28(26,27)19-9-3-2-4-10-19/h2-6,8-11,17H,7,12-16H2,1H3,(H,23,25). The molecule has 1 heterocycles. The molecular formula is C22H26N2O3S. The highest BCUT2D eigenvalue weighted by atomic mass is 32.2. The number of carbonyl (C=O) groups is 1. The molecule has 6 heteroatoms. The summed E-state index contributed by atoms with van der Waals surface area (Å²) in [5.41, 5.74) is 1.48. The van der Waals surface area contributed by atoms with Crippen molar-refractivity contribution in [2.24, 2.45) is 5.41 Å². The van der Waals surface area contributed by atoms with E-state index in [0.717, 1.165) is 13.0 Å². The van der Waals surface area contributed by atoms with E-state index in [1.54, 1.807) is 48.5 Å². The number of hydrogen-bond donors (Lipinski definition) is 1. The number of para-hydroxylation sites is 1. The predicted molar refractivity (Wildman–Crippen MR) is 110 cm³/mol. The lowest BCUT2D eigenvalue weighted by Gasteiger charge is -2.37. The van der Waals surface area contributed by atoms with Crippen LogP contribution in [0.4, 0.5) is 10.5 Å². The molecule has 1 aliphatic carbocycles. The third kappa shape index (κ3) is 3.65. The van der Waals surface area contributed by atoms with Gasteiger partial charge in [-0.15, -0.1) is 0 Å². The zero-order chi connectivity index (χ0) is 19.8. The van der Waals surface area contributed by atoms with Gasteiger partial charge < -0.3 is 10.2 Å². The number of sulfone groups is 1. The SMILES string of the molecule is CC1CC2(CCC2)CN1C(=O)Nc1ccccc1CS(=O)(=O)c1ccccc1. The van der Waals surface area contributed by atoms with Gasteiger partial charge in [-0.05, 0) is 55.4 Å². The number of nitrogens with zero attached hydrogens (tertiary/aromatic N) is 1. The van der Waals surface area contributed by atoms with Crippen molar-refractivity contribution in [3.63, 3.8) is 0 Å². The highest BCUT2D eigenvalue weighted by Gasteiger charge is 2.47. The molecule has 0 radical (unpaired) electrons. The minimum Gasteiger partial charge on any atom is -0.321 e. The van der Waals surface area contributed by atoms with E-state index in [1.807, 2.05) is 11.0 Å². The van der Waals surface area contributed by atoms with Gasteiger partial charge in [0.1, 0.15) is 0 Å². The second-order valence-corrected chi connectivity index (χ2v) is 10.2. The first kappa shape index (κ1) is 19.0. The minimum atomic E-state index is -3.48. The molecule has 2 aromatic carbocycles. The number of nitrogens with one attached hydrogen (secondary N) is 1. The van der Waals surface area contributed by atoms with Gasteiger partial charge in [0.15, 0.2) is 9.84 Å². The average molecular weight is 399 g/mol. The van der Waals surface area contributed by atoms with E-state index in [-0.39, 0.29) is 22.7 Å². The second-order valence-electron chi connectivity index (χ2n) is 8.19. The minimum absolute atomic E-state index is 0.138. The van der Waals surface area contributed by atoms with E-state index >= 15 is 0 Å². The van der Waals surface area contributed by atoms with Crippen LogP contribution in [0.3, 0.4) is 0 Å². The molecule has 0 aromatic heterocycles. The van der Waals surface area contributed by atoms with Crippen molar-refractivity contribution in [2.75, 3.05) is 11.9 Å². The molecular weight excluding hydrogens is 372 g/mol. The summed E-state index contributed by atoms with van der Waals surface area (Å²) in [4.78, 5) is 15.1. The highest BCUT2D eigenvalue weighted by Crippen LogP contribution is 2.50. The molecule has 28 heavy (non-hydrogen) atoms. The van der Waals surface area contributed by atoms with E-state index in [9.17, 15) is 13.2 Å². The van der Waals surface area contributed by atoms with Crippen molar-refractivity contribution in [2.45, 2.75) is 49.3 Å². The molecule has 1 aliphatic heterocycles. The highest BCUT2D eigenvalue weighted by molar-refractivity contribution is 7.90. The number of benzene rings is 2. The average Bonchev–Trinajstić information content (AvgIpc) is 3.02. The summed E-state index contributed by atoms with van der Waals surface area (Å²) in [7, 11) is -3.48. The molecule has 1 saturated heterocycles. The van der Waals surface area contributed by atoms with E-state index in [4.69, 9.17) is 0 Å². The second kappa shape index (κ2) is 7.24. The van der Waals surface area contributed by atoms with Gasteiger partial charge in [-0.2, -0.15) is 0 Å². The molecule has 4 rings (SSSR count). The normalized spacial score (nSPS) is 20.8. The van der Waals surface area contributed by atoms with Crippen molar-refractivity contribution >= 4 is 21.6 Å². The zero-order valence-corrected chi connectivity index (χ0v) is 16.9. The first-order valence-corrected chi connectivity index (χ1v) is 11.5. The van der Waals surface area contributed by atoms with Crippen LogP contribution in [0.15, 0.2) is 59.5 Å².